The van der Waals surface area contributed by atoms with Crippen molar-refractivity contribution in [3.8, 4) is 0 Å². The predicted molar refractivity (Wildman–Crippen MR) is 81.3 cm³/mol. The molecule has 0 unspecified atom stereocenters. The Kier molecular flexibility index (Phi) is 5.50. The topological polar surface area (TPSA) is 78.3 Å². The molecule has 0 aliphatic carbocycles. The van der Waals surface area contributed by atoms with Crippen LogP contribution in [0.25, 0.3) is 0 Å². The monoisotopic (exact) mass is 292 g/mol. The van der Waals surface area contributed by atoms with Crippen molar-refractivity contribution in [1.82, 2.24) is 15.3 Å². The lowest BCUT2D eigenvalue weighted by Gasteiger charge is -2.18. The molecule has 1 aliphatic heterocycles. The van der Waals surface area contributed by atoms with Crippen LogP contribution in [0.1, 0.15) is 43.6 Å². The number of carbonyl (C=O) groups is 1. The second-order valence-electron chi connectivity index (χ2n) is 5.94. The van der Waals surface area contributed by atoms with Crippen LogP contribution in [-0.2, 0) is 0 Å². The fraction of sp³-hybridized carbons (Fsp3) is 0.667. The predicted octanol–water partition coefficient (Wildman–Crippen LogP) is 1.21. The first-order valence-corrected chi connectivity index (χ1v) is 7.59. The number of aromatic nitrogens is 2. The Balaban J connectivity index is 1.95. The standard InChI is InChI=1S/C15H24N4O2/c1-11(2)7-12(10-20)18-15(21)13-8-17-14(9-16-13)19-5-3-4-6-19/h8-9,11-12,20H,3-7,10H2,1-2H3,(H,18,21)/t12-/m0/s1. The van der Waals surface area contributed by atoms with Crippen LogP contribution >= 0.6 is 0 Å². The van der Waals surface area contributed by atoms with Gasteiger partial charge in [-0.15, -0.1) is 0 Å². The maximum absolute atomic E-state index is 12.1. The Morgan fingerprint density at radius 2 is 2.05 bits per heavy atom. The van der Waals surface area contributed by atoms with Crippen molar-refractivity contribution in [3.05, 3.63) is 18.1 Å². The van der Waals surface area contributed by atoms with Gasteiger partial charge in [0.1, 0.15) is 11.5 Å². The highest BCUT2D eigenvalue weighted by molar-refractivity contribution is 5.92. The summed E-state index contributed by atoms with van der Waals surface area (Å²) in [7, 11) is 0. The van der Waals surface area contributed by atoms with Crippen molar-refractivity contribution in [2.24, 2.45) is 5.92 Å². The third-order valence-corrected chi connectivity index (χ3v) is 3.61. The first kappa shape index (κ1) is 15.7. The van der Waals surface area contributed by atoms with E-state index in [9.17, 15) is 9.90 Å². The van der Waals surface area contributed by atoms with Gasteiger partial charge in [0.05, 0.1) is 25.0 Å². The number of amides is 1. The summed E-state index contributed by atoms with van der Waals surface area (Å²) in [5, 5.41) is 12.1. The van der Waals surface area contributed by atoms with Gasteiger partial charge in [-0.3, -0.25) is 4.79 Å². The van der Waals surface area contributed by atoms with Gasteiger partial charge in [0, 0.05) is 13.1 Å². The first-order chi connectivity index (χ1) is 10.1. The van der Waals surface area contributed by atoms with Crippen molar-refractivity contribution >= 4 is 11.7 Å². The summed E-state index contributed by atoms with van der Waals surface area (Å²) in [4.78, 5) is 22.8. The average molecular weight is 292 g/mol. The van der Waals surface area contributed by atoms with E-state index >= 15 is 0 Å². The highest BCUT2D eigenvalue weighted by Crippen LogP contribution is 2.16. The van der Waals surface area contributed by atoms with E-state index in [-0.39, 0.29) is 18.6 Å². The molecule has 1 amide bonds. The lowest BCUT2D eigenvalue weighted by molar-refractivity contribution is 0.0903. The van der Waals surface area contributed by atoms with Crippen molar-refractivity contribution in [3.63, 3.8) is 0 Å². The Labute approximate surface area is 125 Å². The minimum atomic E-state index is -0.282. The van der Waals surface area contributed by atoms with Crippen molar-refractivity contribution in [2.45, 2.75) is 39.2 Å². The molecule has 0 bridgehead atoms. The van der Waals surface area contributed by atoms with E-state index in [0.29, 0.717) is 11.6 Å². The number of hydrogen-bond acceptors (Lipinski definition) is 5. The zero-order valence-corrected chi connectivity index (χ0v) is 12.7. The van der Waals surface area contributed by atoms with E-state index in [4.69, 9.17) is 0 Å². The van der Waals surface area contributed by atoms with Gasteiger partial charge < -0.3 is 15.3 Å². The molecule has 1 aromatic heterocycles. The number of anilines is 1. The molecule has 1 aromatic rings. The van der Waals surface area contributed by atoms with Crippen LogP contribution in [0, 0.1) is 5.92 Å². The van der Waals surface area contributed by atoms with Gasteiger partial charge in [-0.2, -0.15) is 0 Å². The first-order valence-electron chi connectivity index (χ1n) is 7.59. The number of aliphatic hydroxyl groups excluding tert-OH is 1. The fourth-order valence-corrected chi connectivity index (χ4v) is 2.56. The van der Waals surface area contributed by atoms with Crippen molar-refractivity contribution in [1.29, 1.82) is 0 Å². The summed E-state index contributed by atoms with van der Waals surface area (Å²) >= 11 is 0. The van der Waals surface area contributed by atoms with Gasteiger partial charge in [-0.05, 0) is 25.2 Å². The maximum atomic E-state index is 12.1. The molecule has 1 saturated heterocycles. The number of aliphatic hydroxyl groups is 1. The van der Waals surface area contributed by atoms with E-state index in [1.807, 2.05) is 0 Å². The zero-order valence-electron chi connectivity index (χ0n) is 12.7. The van der Waals surface area contributed by atoms with Crippen LogP contribution in [-0.4, -0.2) is 46.7 Å². The largest absolute Gasteiger partial charge is 0.394 e. The van der Waals surface area contributed by atoms with Crippen molar-refractivity contribution < 1.29 is 9.90 Å². The molecule has 1 atom stereocenters. The minimum Gasteiger partial charge on any atom is -0.394 e. The number of rotatable bonds is 6. The Bertz CT molecular complexity index is 455. The Hall–Kier alpha value is -1.69. The molecule has 6 nitrogen and oxygen atoms in total. The maximum Gasteiger partial charge on any atom is 0.271 e. The van der Waals surface area contributed by atoms with Gasteiger partial charge in [0.15, 0.2) is 0 Å². The molecule has 21 heavy (non-hydrogen) atoms. The zero-order chi connectivity index (χ0) is 15.2. The van der Waals surface area contributed by atoms with Gasteiger partial charge in [0.2, 0.25) is 0 Å². The molecule has 1 aliphatic rings. The normalized spacial score (nSPS) is 16.3. The van der Waals surface area contributed by atoms with E-state index in [1.54, 1.807) is 6.20 Å². The molecule has 1 fully saturated rings. The van der Waals surface area contributed by atoms with Crippen molar-refractivity contribution in [2.75, 3.05) is 24.6 Å². The van der Waals surface area contributed by atoms with Crippen LogP contribution in [0.2, 0.25) is 0 Å². The third-order valence-electron chi connectivity index (χ3n) is 3.61. The van der Waals surface area contributed by atoms with Gasteiger partial charge in [0.25, 0.3) is 5.91 Å². The second-order valence-corrected chi connectivity index (χ2v) is 5.94. The number of nitrogens with zero attached hydrogens (tertiary/aromatic N) is 3. The molecule has 2 heterocycles. The summed E-state index contributed by atoms with van der Waals surface area (Å²) in [6, 6.07) is -0.238. The second kappa shape index (κ2) is 7.36. The van der Waals surface area contributed by atoms with Crippen LogP contribution in [0.4, 0.5) is 5.82 Å². The lowest BCUT2D eigenvalue weighted by Crippen LogP contribution is -2.38. The molecular formula is C15H24N4O2. The highest BCUT2D eigenvalue weighted by Gasteiger charge is 2.17. The lowest BCUT2D eigenvalue weighted by atomic mass is 10.0. The molecule has 2 rings (SSSR count). The van der Waals surface area contributed by atoms with E-state index in [2.05, 4.69) is 34.0 Å². The SMILES string of the molecule is CC(C)C[C@@H](CO)NC(=O)c1cnc(N2CCCC2)cn1. The molecule has 116 valence electrons. The molecule has 2 N–H and O–H groups in total. The van der Waals surface area contributed by atoms with Crippen LogP contribution in [0.5, 0.6) is 0 Å². The summed E-state index contributed by atoms with van der Waals surface area (Å²) < 4.78 is 0. The van der Waals surface area contributed by atoms with E-state index < -0.39 is 0 Å². The summed E-state index contributed by atoms with van der Waals surface area (Å²) in [6.45, 7) is 6.05. The highest BCUT2D eigenvalue weighted by atomic mass is 16.3. The smallest absolute Gasteiger partial charge is 0.271 e. The van der Waals surface area contributed by atoms with Gasteiger partial charge in [-0.1, -0.05) is 13.8 Å². The van der Waals surface area contributed by atoms with Gasteiger partial charge >= 0.3 is 0 Å². The van der Waals surface area contributed by atoms with Crippen LogP contribution in [0.15, 0.2) is 12.4 Å². The number of hydrogen-bond donors (Lipinski definition) is 2. The average Bonchev–Trinajstić information content (AvgIpc) is 3.00. The Morgan fingerprint density at radius 3 is 2.57 bits per heavy atom. The molecule has 6 heteroatoms. The summed E-state index contributed by atoms with van der Waals surface area (Å²) in [5.74, 6) is 0.950. The molecule has 0 spiro atoms. The molecular weight excluding hydrogens is 268 g/mol. The summed E-state index contributed by atoms with van der Waals surface area (Å²) in [6.07, 6.45) is 6.25. The molecule has 0 aromatic carbocycles. The van der Waals surface area contributed by atoms with Gasteiger partial charge in [-0.25, -0.2) is 9.97 Å². The summed E-state index contributed by atoms with van der Waals surface area (Å²) in [5.41, 5.74) is 0.292. The van der Waals surface area contributed by atoms with Crippen LogP contribution < -0.4 is 10.2 Å². The number of nitrogens with one attached hydrogen (secondary N) is 1. The minimum absolute atomic E-state index is 0.0663. The van der Waals surface area contributed by atoms with E-state index in [1.165, 1.54) is 19.0 Å². The fourth-order valence-electron chi connectivity index (χ4n) is 2.56. The molecule has 0 radical (unpaired) electrons. The quantitative estimate of drug-likeness (QED) is 0.824. The van der Waals surface area contributed by atoms with E-state index in [0.717, 1.165) is 25.3 Å². The molecule has 0 saturated carbocycles. The Morgan fingerprint density at radius 1 is 1.33 bits per heavy atom. The third kappa shape index (κ3) is 4.39. The van der Waals surface area contributed by atoms with Crippen LogP contribution in [0.3, 0.4) is 0 Å². The number of carbonyl (C=O) groups excluding carboxylic acids is 1.